The highest BCUT2D eigenvalue weighted by Gasteiger charge is 2.35. The number of aromatic nitrogens is 1. The van der Waals surface area contributed by atoms with E-state index in [0.29, 0.717) is 38.2 Å². The number of carbonyl (C=O) groups is 4. The highest BCUT2D eigenvalue weighted by atomic mass is 32.2. The van der Waals surface area contributed by atoms with Gasteiger partial charge in [0.1, 0.15) is 5.75 Å². The maximum atomic E-state index is 14.6. The normalized spacial score (nSPS) is 13.3. The second kappa shape index (κ2) is 12.4. The van der Waals surface area contributed by atoms with Gasteiger partial charge in [-0.15, -0.1) is 5.06 Å². The van der Waals surface area contributed by atoms with Crippen LogP contribution in [-0.2, 0) is 35.7 Å². The van der Waals surface area contributed by atoms with Crippen molar-refractivity contribution in [1.82, 2.24) is 10.0 Å². The number of hydrogen-bond acceptors (Lipinski definition) is 9. The number of anilines is 1. The second-order valence-corrected chi connectivity index (χ2v) is 12.3. The number of hydroxylamine groups is 2. The number of pyridine rings is 1. The van der Waals surface area contributed by atoms with Crippen LogP contribution in [0.25, 0.3) is 21.8 Å². The summed E-state index contributed by atoms with van der Waals surface area (Å²) in [6, 6.07) is 26.0. The van der Waals surface area contributed by atoms with Crippen molar-refractivity contribution in [2.75, 3.05) is 11.4 Å². The Morgan fingerprint density at radius 2 is 1.37 bits per heavy atom. The Morgan fingerprint density at radius 1 is 0.804 bits per heavy atom. The van der Waals surface area contributed by atoms with E-state index in [4.69, 9.17) is 9.57 Å². The summed E-state index contributed by atoms with van der Waals surface area (Å²) in [5, 5.41) is 1.48. The van der Waals surface area contributed by atoms with Crippen molar-refractivity contribution >= 4 is 61.2 Å². The predicted octanol–water partition coefficient (Wildman–Crippen LogP) is 4.97. The van der Waals surface area contributed by atoms with Gasteiger partial charge in [0.05, 0.1) is 40.7 Å². The first-order chi connectivity index (χ1) is 22.2. The first-order valence-electron chi connectivity index (χ1n) is 14.3. The van der Waals surface area contributed by atoms with E-state index in [2.05, 4.69) is 4.98 Å². The molecule has 0 saturated carbocycles. The third-order valence-corrected chi connectivity index (χ3v) is 9.30. The number of nitrogens with zero attached hydrogens (tertiary/aromatic N) is 3. The minimum Gasteiger partial charge on any atom is -0.497 e. The zero-order chi connectivity index (χ0) is 32.4. The van der Waals surface area contributed by atoms with Gasteiger partial charge in [-0.25, -0.2) is 18.2 Å². The SMILES string of the molecule is COc1ccc(N(C(=O)c2c3ccccc3nc3ccccc23)S(=O)(=O)c2ccc(CCC(=O)ON3C(=O)CCC3=O)cc2)cc1. The van der Waals surface area contributed by atoms with Gasteiger partial charge >= 0.3 is 5.97 Å². The molecule has 46 heavy (non-hydrogen) atoms. The molecule has 4 aromatic carbocycles. The first kappa shape index (κ1) is 30.4. The van der Waals surface area contributed by atoms with Crippen LogP contribution >= 0.6 is 0 Å². The van der Waals surface area contributed by atoms with Crippen molar-refractivity contribution in [1.29, 1.82) is 0 Å². The van der Waals surface area contributed by atoms with Crippen molar-refractivity contribution in [3.8, 4) is 5.75 Å². The molecule has 0 aliphatic carbocycles. The fraction of sp³-hybridized carbons (Fsp3) is 0.147. The first-order valence-corrected chi connectivity index (χ1v) is 15.8. The Balaban J connectivity index is 1.34. The van der Waals surface area contributed by atoms with Crippen molar-refractivity contribution in [3.63, 3.8) is 0 Å². The van der Waals surface area contributed by atoms with Crippen LogP contribution in [-0.4, -0.2) is 49.3 Å². The average Bonchev–Trinajstić information content (AvgIpc) is 3.38. The fourth-order valence-electron chi connectivity index (χ4n) is 5.24. The molecule has 1 fully saturated rings. The summed E-state index contributed by atoms with van der Waals surface area (Å²) in [4.78, 5) is 59.7. The van der Waals surface area contributed by atoms with E-state index in [1.165, 1.54) is 43.5 Å². The quantitative estimate of drug-likeness (QED) is 0.162. The van der Waals surface area contributed by atoms with E-state index in [-0.39, 0.29) is 41.8 Å². The molecule has 0 N–H and O–H groups in total. The number of sulfonamides is 1. The van der Waals surface area contributed by atoms with Gasteiger partial charge in [-0.1, -0.05) is 48.5 Å². The molecule has 3 amide bonds. The number of para-hydroxylation sites is 2. The molecule has 0 bridgehead atoms. The number of methoxy groups -OCH3 is 1. The van der Waals surface area contributed by atoms with Crippen LogP contribution in [0.1, 0.15) is 35.2 Å². The van der Waals surface area contributed by atoms with Gasteiger partial charge in [0, 0.05) is 23.6 Å². The van der Waals surface area contributed by atoms with Gasteiger partial charge in [0.25, 0.3) is 27.7 Å². The molecule has 0 unspecified atom stereocenters. The van der Waals surface area contributed by atoms with E-state index < -0.39 is 33.7 Å². The topological polar surface area (TPSA) is 140 Å². The van der Waals surface area contributed by atoms with Gasteiger partial charge in [0.2, 0.25) is 0 Å². The Morgan fingerprint density at radius 3 is 1.93 bits per heavy atom. The minimum absolute atomic E-state index is 0.00823. The molecule has 11 nitrogen and oxygen atoms in total. The Bertz CT molecular complexity index is 2040. The molecular formula is C34H27N3O8S. The summed E-state index contributed by atoms with van der Waals surface area (Å²) in [6.45, 7) is 0. The number of imide groups is 1. The number of ether oxygens (including phenoxy) is 1. The summed E-state index contributed by atoms with van der Waals surface area (Å²) >= 11 is 0. The number of carbonyl (C=O) groups excluding carboxylic acids is 4. The number of hydrogen-bond donors (Lipinski definition) is 0. The molecular weight excluding hydrogens is 610 g/mol. The third-order valence-electron chi connectivity index (χ3n) is 7.57. The van der Waals surface area contributed by atoms with Crippen molar-refractivity contribution in [2.45, 2.75) is 30.6 Å². The molecule has 0 radical (unpaired) electrons. The van der Waals surface area contributed by atoms with Gasteiger partial charge < -0.3 is 9.57 Å². The summed E-state index contributed by atoms with van der Waals surface area (Å²) in [5.41, 5.74) is 1.97. The Hall–Kier alpha value is -5.62. The molecule has 0 atom stereocenters. The van der Waals surface area contributed by atoms with Crippen LogP contribution < -0.4 is 9.04 Å². The minimum atomic E-state index is -4.49. The van der Waals surface area contributed by atoms with Crippen LogP contribution in [0.5, 0.6) is 5.75 Å². The summed E-state index contributed by atoms with van der Waals surface area (Å²) in [7, 11) is -3.00. The van der Waals surface area contributed by atoms with E-state index in [9.17, 15) is 27.6 Å². The molecule has 12 heteroatoms. The Labute approximate surface area is 264 Å². The predicted molar refractivity (Wildman–Crippen MR) is 168 cm³/mol. The van der Waals surface area contributed by atoms with E-state index in [0.717, 1.165) is 4.31 Å². The molecule has 1 saturated heterocycles. The van der Waals surface area contributed by atoms with E-state index in [1.807, 2.05) is 0 Å². The second-order valence-electron chi connectivity index (χ2n) is 10.5. The van der Waals surface area contributed by atoms with Crippen LogP contribution in [0.4, 0.5) is 5.69 Å². The van der Waals surface area contributed by atoms with Crippen molar-refractivity contribution < 1.29 is 37.2 Å². The number of rotatable bonds is 9. The molecule has 1 aliphatic rings. The average molecular weight is 638 g/mol. The van der Waals surface area contributed by atoms with Crippen LogP contribution in [0.2, 0.25) is 0 Å². The van der Waals surface area contributed by atoms with Crippen molar-refractivity contribution in [3.05, 3.63) is 108 Å². The highest BCUT2D eigenvalue weighted by Crippen LogP contribution is 2.33. The van der Waals surface area contributed by atoms with Gasteiger partial charge in [0.15, 0.2) is 0 Å². The smallest absolute Gasteiger partial charge is 0.333 e. The lowest BCUT2D eigenvalue weighted by molar-refractivity contribution is -0.197. The van der Waals surface area contributed by atoms with Gasteiger partial charge in [-0.05, 0) is 60.5 Å². The summed E-state index contributed by atoms with van der Waals surface area (Å²) in [5.74, 6) is -2.20. The zero-order valence-corrected chi connectivity index (χ0v) is 25.4. The molecule has 1 aromatic heterocycles. The lowest BCUT2D eigenvalue weighted by atomic mass is 10.0. The molecule has 5 aromatic rings. The molecule has 232 valence electrons. The number of fused-ring (bicyclic) bond motifs is 2. The van der Waals surface area contributed by atoms with Crippen LogP contribution in [0.3, 0.4) is 0 Å². The fourth-order valence-corrected chi connectivity index (χ4v) is 6.64. The van der Waals surface area contributed by atoms with Gasteiger partial charge in [-0.3, -0.25) is 14.4 Å². The number of benzene rings is 4. The molecule has 1 aliphatic heterocycles. The van der Waals surface area contributed by atoms with E-state index >= 15 is 0 Å². The maximum absolute atomic E-state index is 14.6. The highest BCUT2D eigenvalue weighted by molar-refractivity contribution is 7.93. The Kier molecular flexibility index (Phi) is 8.20. The molecule has 2 heterocycles. The lowest BCUT2D eigenvalue weighted by Gasteiger charge is -2.24. The standard InChI is InChI=1S/C34H27N3O8S/c1-44-24-15-13-23(14-16-24)37(34(41)33-26-6-2-4-8-28(26)35-29-9-5-3-7-27(29)33)46(42,43)25-17-10-22(11-18-25)12-21-32(40)45-36-30(38)19-20-31(36)39/h2-11,13-18H,12,19-21H2,1H3. The maximum Gasteiger partial charge on any atom is 0.333 e. The molecule has 0 spiro atoms. The van der Waals surface area contributed by atoms with Crippen LogP contribution in [0.15, 0.2) is 102 Å². The molecule has 6 rings (SSSR count). The largest absolute Gasteiger partial charge is 0.497 e. The van der Waals surface area contributed by atoms with Crippen LogP contribution in [0, 0.1) is 0 Å². The summed E-state index contributed by atoms with van der Waals surface area (Å²) in [6.07, 6.45) is -0.00921. The van der Waals surface area contributed by atoms with Crippen molar-refractivity contribution in [2.24, 2.45) is 0 Å². The number of aryl methyl sites for hydroxylation is 1. The zero-order valence-electron chi connectivity index (χ0n) is 24.6. The summed E-state index contributed by atoms with van der Waals surface area (Å²) < 4.78 is 34.7. The third kappa shape index (κ3) is 5.77. The van der Waals surface area contributed by atoms with Gasteiger partial charge in [-0.2, -0.15) is 4.31 Å². The number of amides is 3. The van der Waals surface area contributed by atoms with E-state index in [1.54, 1.807) is 60.7 Å². The lowest BCUT2D eigenvalue weighted by Crippen LogP contribution is -2.37. The monoisotopic (exact) mass is 637 g/mol.